The van der Waals surface area contributed by atoms with Gasteiger partial charge in [0.2, 0.25) is 0 Å². The maximum absolute atomic E-state index is 9.15. The van der Waals surface area contributed by atoms with Gasteiger partial charge in [-0.25, -0.2) is 0 Å². The maximum Gasteiger partial charge on any atom is 0.161 e. The van der Waals surface area contributed by atoms with E-state index in [9.17, 15) is 0 Å². The molecule has 0 saturated carbocycles. The van der Waals surface area contributed by atoms with Gasteiger partial charge in [0, 0.05) is 6.42 Å². The monoisotopic (exact) mass is 278 g/mol. The van der Waals surface area contributed by atoms with E-state index >= 15 is 0 Å². The summed E-state index contributed by atoms with van der Waals surface area (Å²) >= 11 is 0. The summed E-state index contributed by atoms with van der Waals surface area (Å²) in [6.07, 6.45) is 0.395. The molecule has 0 radical (unpaired) electrons. The zero-order chi connectivity index (χ0) is 15.2. The second-order valence-corrected chi connectivity index (χ2v) is 4.97. The molecule has 0 aliphatic rings. The average Bonchev–Trinajstić information content (AvgIpc) is 2.47. The molecule has 0 amide bonds. The van der Waals surface area contributed by atoms with E-state index in [1.807, 2.05) is 13.8 Å². The molecule has 0 fully saturated rings. The number of rotatable bonds is 7. The van der Waals surface area contributed by atoms with Crippen molar-refractivity contribution in [2.24, 2.45) is 0 Å². The van der Waals surface area contributed by atoms with Crippen molar-refractivity contribution in [3.05, 3.63) is 23.8 Å². The zero-order valence-electron chi connectivity index (χ0n) is 12.4. The minimum atomic E-state index is -0.627. The smallest absolute Gasteiger partial charge is 0.161 e. The van der Waals surface area contributed by atoms with Gasteiger partial charge in [0.15, 0.2) is 11.5 Å². The highest BCUT2D eigenvalue weighted by Gasteiger charge is 2.25. The van der Waals surface area contributed by atoms with Crippen LogP contribution in [0.2, 0.25) is 0 Å². The summed E-state index contributed by atoms with van der Waals surface area (Å²) in [4.78, 5) is 0. The molecule has 2 N–H and O–H groups in total. The summed E-state index contributed by atoms with van der Waals surface area (Å²) in [7, 11) is 3.31. The fourth-order valence-corrected chi connectivity index (χ4v) is 1.94. The Labute approximate surface area is 120 Å². The number of benzene rings is 1. The fourth-order valence-electron chi connectivity index (χ4n) is 1.94. The van der Waals surface area contributed by atoms with Crippen LogP contribution in [0.15, 0.2) is 18.2 Å². The molecule has 1 rings (SSSR count). The third kappa shape index (κ3) is 4.12. The maximum atomic E-state index is 9.15. The Morgan fingerprint density at radius 3 is 2.65 bits per heavy atom. The van der Waals surface area contributed by atoms with E-state index in [-0.39, 0.29) is 12.7 Å². The Balaban J connectivity index is 2.80. The van der Waals surface area contributed by atoms with Gasteiger partial charge in [-0.3, -0.25) is 0 Å². The van der Waals surface area contributed by atoms with Gasteiger partial charge in [0.1, 0.15) is 5.54 Å². The first-order valence-electron chi connectivity index (χ1n) is 6.52. The molecule has 0 spiro atoms. The number of methoxy groups -OCH3 is 1. The molecule has 0 heterocycles. The minimum absolute atomic E-state index is 0.0432. The Hall–Kier alpha value is -1.77. The Bertz CT molecular complexity index is 484. The van der Waals surface area contributed by atoms with Gasteiger partial charge in [-0.1, -0.05) is 6.07 Å². The molecule has 1 aromatic carbocycles. The largest absolute Gasteiger partial charge is 0.493 e. The first-order valence-corrected chi connectivity index (χ1v) is 6.52. The molecule has 0 saturated heterocycles. The third-order valence-electron chi connectivity index (χ3n) is 3.23. The molecule has 20 heavy (non-hydrogen) atoms. The summed E-state index contributed by atoms with van der Waals surface area (Å²) in [5, 5.41) is 21.2. The number of ether oxygens (including phenoxy) is 2. The minimum Gasteiger partial charge on any atom is -0.493 e. The van der Waals surface area contributed by atoms with Crippen LogP contribution < -0.4 is 14.8 Å². The number of aliphatic hydroxyl groups is 1. The van der Waals surface area contributed by atoms with E-state index in [1.54, 1.807) is 32.4 Å². The van der Waals surface area contributed by atoms with E-state index < -0.39 is 5.54 Å². The predicted octanol–water partition coefficient (Wildman–Crippen LogP) is 1.85. The summed E-state index contributed by atoms with van der Waals surface area (Å²) in [5.41, 5.74) is 0.136. The number of nitrogens with zero attached hydrogens (tertiary/aromatic N) is 1. The second kappa shape index (κ2) is 7.13. The number of hydrogen-bond donors (Lipinski definition) is 2. The van der Waals surface area contributed by atoms with E-state index in [2.05, 4.69) is 11.4 Å². The summed E-state index contributed by atoms with van der Waals surface area (Å²) in [6.45, 7) is 3.70. The molecule has 0 bridgehead atoms. The van der Waals surface area contributed by atoms with Gasteiger partial charge in [-0.2, -0.15) is 5.26 Å². The highest BCUT2D eigenvalue weighted by atomic mass is 16.5. The van der Waals surface area contributed by atoms with Crippen molar-refractivity contribution in [1.29, 1.82) is 5.26 Å². The quantitative estimate of drug-likeness (QED) is 0.796. The predicted molar refractivity (Wildman–Crippen MR) is 76.7 cm³/mol. The molecule has 110 valence electrons. The van der Waals surface area contributed by atoms with E-state index in [4.69, 9.17) is 19.8 Å². The van der Waals surface area contributed by atoms with Crippen LogP contribution in [-0.2, 0) is 6.61 Å². The first-order chi connectivity index (χ1) is 9.47. The lowest BCUT2D eigenvalue weighted by atomic mass is 9.97. The first kappa shape index (κ1) is 16.3. The van der Waals surface area contributed by atoms with E-state index in [0.717, 1.165) is 5.56 Å². The zero-order valence-corrected chi connectivity index (χ0v) is 12.4. The van der Waals surface area contributed by atoms with Crippen molar-refractivity contribution in [1.82, 2.24) is 5.32 Å². The number of hydrogen-bond acceptors (Lipinski definition) is 5. The SMILES string of the molecule is CNC(C)(C#N)CC(C)Oc1ccc(CO)cc1OC. The van der Waals surface area contributed by atoms with Crippen LogP contribution in [0.1, 0.15) is 25.8 Å². The van der Waals surface area contributed by atoms with Crippen molar-refractivity contribution in [3.63, 3.8) is 0 Å². The molecule has 0 aromatic heterocycles. The number of aliphatic hydroxyl groups excluding tert-OH is 1. The van der Waals surface area contributed by atoms with Crippen LogP contribution in [0.25, 0.3) is 0 Å². The molecular weight excluding hydrogens is 256 g/mol. The summed E-state index contributed by atoms with van der Waals surface area (Å²) in [5.74, 6) is 1.18. The topological polar surface area (TPSA) is 74.5 Å². The molecule has 2 atom stereocenters. The van der Waals surface area contributed by atoms with Crippen molar-refractivity contribution in [3.8, 4) is 17.6 Å². The molecule has 5 heteroatoms. The van der Waals surface area contributed by atoms with Crippen LogP contribution in [0.4, 0.5) is 0 Å². The van der Waals surface area contributed by atoms with Crippen molar-refractivity contribution in [2.45, 2.75) is 38.5 Å². The summed E-state index contributed by atoms with van der Waals surface area (Å²) < 4.78 is 11.1. The third-order valence-corrected chi connectivity index (χ3v) is 3.23. The number of nitrogens with one attached hydrogen (secondary N) is 1. The van der Waals surface area contributed by atoms with Crippen LogP contribution in [0.5, 0.6) is 11.5 Å². The second-order valence-electron chi connectivity index (χ2n) is 4.97. The average molecular weight is 278 g/mol. The summed E-state index contributed by atoms with van der Waals surface area (Å²) in [6, 6.07) is 7.53. The van der Waals surface area contributed by atoms with Gasteiger partial charge < -0.3 is 19.9 Å². The van der Waals surface area contributed by atoms with Gasteiger partial charge >= 0.3 is 0 Å². The van der Waals surface area contributed by atoms with E-state index in [1.165, 1.54) is 0 Å². The van der Waals surface area contributed by atoms with Crippen LogP contribution in [0.3, 0.4) is 0 Å². The van der Waals surface area contributed by atoms with Crippen LogP contribution >= 0.6 is 0 Å². The van der Waals surface area contributed by atoms with E-state index in [0.29, 0.717) is 17.9 Å². The standard InChI is InChI=1S/C15H22N2O3/c1-11(8-15(2,10-16)17-3)20-13-6-5-12(9-18)7-14(13)19-4/h5-7,11,17-18H,8-9H2,1-4H3. The normalized spacial score (nSPS) is 15.0. The van der Waals surface area contributed by atoms with Gasteiger partial charge in [-0.15, -0.1) is 0 Å². The number of nitriles is 1. The van der Waals surface area contributed by atoms with Crippen molar-refractivity contribution in [2.75, 3.05) is 14.2 Å². The molecule has 1 aromatic rings. The lowest BCUT2D eigenvalue weighted by molar-refractivity contribution is 0.176. The Morgan fingerprint density at radius 2 is 2.15 bits per heavy atom. The lowest BCUT2D eigenvalue weighted by Crippen LogP contribution is -2.41. The molecule has 0 aliphatic heterocycles. The highest BCUT2D eigenvalue weighted by Crippen LogP contribution is 2.30. The molecular formula is C15H22N2O3. The van der Waals surface area contributed by atoms with Crippen molar-refractivity contribution < 1.29 is 14.6 Å². The van der Waals surface area contributed by atoms with Gasteiger partial charge in [0.05, 0.1) is 25.9 Å². The molecule has 5 nitrogen and oxygen atoms in total. The lowest BCUT2D eigenvalue weighted by Gasteiger charge is -2.25. The van der Waals surface area contributed by atoms with Gasteiger partial charge in [-0.05, 0) is 38.6 Å². The molecule has 2 unspecified atom stereocenters. The highest BCUT2D eigenvalue weighted by molar-refractivity contribution is 5.42. The molecule has 0 aliphatic carbocycles. The Morgan fingerprint density at radius 1 is 1.45 bits per heavy atom. The van der Waals surface area contributed by atoms with Gasteiger partial charge in [0.25, 0.3) is 0 Å². The fraction of sp³-hybridized carbons (Fsp3) is 0.533. The van der Waals surface area contributed by atoms with Crippen LogP contribution in [-0.4, -0.2) is 30.9 Å². The Kier molecular flexibility index (Phi) is 5.81. The van der Waals surface area contributed by atoms with Crippen LogP contribution in [0, 0.1) is 11.3 Å². The van der Waals surface area contributed by atoms with Crippen molar-refractivity contribution >= 4 is 0 Å².